The molecule has 108 valence electrons. The van der Waals surface area contributed by atoms with Gasteiger partial charge in [0.25, 0.3) is 5.91 Å². The lowest BCUT2D eigenvalue weighted by Crippen LogP contribution is -2.68. The summed E-state index contributed by atoms with van der Waals surface area (Å²) >= 11 is 0. The third-order valence-electron chi connectivity index (χ3n) is 4.07. The van der Waals surface area contributed by atoms with Gasteiger partial charge in [0.05, 0.1) is 6.61 Å². The molecule has 2 aliphatic heterocycles. The van der Waals surface area contributed by atoms with E-state index in [2.05, 4.69) is 15.5 Å². The molecule has 20 heavy (non-hydrogen) atoms. The summed E-state index contributed by atoms with van der Waals surface area (Å²) in [7, 11) is 1.65. The predicted octanol–water partition coefficient (Wildman–Crippen LogP) is 0.220. The van der Waals surface area contributed by atoms with Crippen LogP contribution in [0.25, 0.3) is 0 Å². The SMILES string of the molecule is CNC(=O)c1ccc(CN2CCOC3(CNC3)C2)cc1. The highest BCUT2D eigenvalue weighted by atomic mass is 16.5. The Bertz CT molecular complexity index is 482. The van der Waals surface area contributed by atoms with Crippen LogP contribution in [-0.4, -0.2) is 56.2 Å². The van der Waals surface area contributed by atoms with Crippen molar-refractivity contribution in [1.29, 1.82) is 0 Å². The van der Waals surface area contributed by atoms with Crippen LogP contribution in [0.5, 0.6) is 0 Å². The molecule has 2 aliphatic rings. The van der Waals surface area contributed by atoms with Crippen LogP contribution in [0, 0.1) is 0 Å². The molecular weight excluding hydrogens is 254 g/mol. The van der Waals surface area contributed by atoms with E-state index >= 15 is 0 Å². The van der Waals surface area contributed by atoms with Gasteiger partial charge in [-0.05, 0) is 17.7 Å². The molecule has 2 heterocycles. The molecule has 0 unspecified atom stereocenters. The Morgan fingerprint density at radius 1 is 1.40 bits per heavy atom. The zero-order valence-corrected chi connectivity index (χ0v) is 11.8. The van der Waals surface area contributed by atoms with Crippen molar-refractivity contribution in [1.82, 2.24) is 15.5 Å². The van der Waals surface area contributed by atoms with Crippen molar-refractivity contribution >= 4 is 5.91 Å². The maximum atomic E-state index is 11.5. The van der Waals surface area contributed by atoms with Crippen LogP contribution in [0.3, 0.4) is 0 Å². The lowest BCUT2D eigenvalue weighted by Gasteiger charge is -2.48. The van der Waals surface area contributed by atoms with Crippen LogP contribution in [0.15, 0.2) is 24.3 Å². The van der Waals surface area contributed by atoms with Crippen LogP contribution in [-0.2, 0) is 11.3 Å². The average molecular weight is 275 g/mol. The molecule has 1 spiro atoms. The number of rotatable bonds is 3. The normalized spacial score (nSPS) is 21.4. The molecule has 0 atom stereocenters. The van der Waals surface area contributed by atoms with Crippen molar-refractivity contribution in [3.8, 4) is 0 Å². The Morgan fingerprint density at radius 2 is 2.15 bits per heavy atom. The number of nitrogens with one attached hydrogen (secondary N) is 2. The molecule has 1 aromatic rings. The molecule has 2 N–H and O–H groups in total. The summed E-state index contributed by atoms with van der Waals surface area (Å²) in [5, 5.41) is 5.92. The number of carbonyl (C=O) groups excluding carboxylic acids is 1. The number of nitrogens with zero attached hydrogens (tertiary/aromatic N) is 1. The van der Waals surface area contributed by atoms with Crippen LogP contribution >= 0.6 is 0 Å². The van der Waals surface area contributed by atoms with Crippen LogP contribution in [0.2, 0.25) is 0 Å². The smallest absolute Gasteiger partial charge is 0.251 e. The van der Waals surface area contributed by atoms with E-state index in [9.17, 15) is 4.79 Å². The fourth-order valence-electron chi connectivity index (χ4n) is 2.84. The molecule has 0 saturated carbocycles. The largest absolute Gasteiger partial charge is 0.370 e. The lowest BCUT2D eigenvalue weighted by molar-refractivity contribution is -0.137. The zero-order valence-electron chi connectivity index (χ0n) is 11.8. The van der Waals surface area contributed by atoms with E-state index in [1.54, 1.807) is 7.05 Å². The molecule has 0 aliphatic carbocycles. The van der Waals surface area contributed by atoms with Crippen molar-refractivity contribution in [2.75, 3.05) is 39.8 Å². The minimum absolute atomic E-state index is 0.0394. The van der Waals surface area contributed by atoms with Gasteiger partial charge in [-0.1, -0.05) is 12.1 Å². The minimum atomic E-state index is -0.0394. The number of benzene rings is 1. The van der Waals surface area contributed by atoms with Crippen molar-refractivity contribution in [3.63, 3.8) is 0 Å². The first-order valence-corrected chi connectivity index (χ1v) is 7.09. The third kappa shape index (κ3) is 2.70. The van der Waals surface area contributed by atoms with Crippen molar-refractivity contribution in [3.05, 3.63) is 35.4 Å². The summed E-state index contributed by atoms with van der Waals surface area (Å²) in [5.74, 6) is -0.0394. The van der Waals surface area contributed by atoms with Crippen LogP contribution < -0.4 is 10.6 Å². The highest BCUT2D eigenvalue weighted by Gasteiger charge is 2.41. The zero-order chi connectivity index (χ0) is 14.0. The van der Waals surface area contributed by atoms with Crippen molar-refractivity contribution in [2.45, 2.75) is 12.1 Å². The topological polar surface area (TPSA) is 53.6 Å². The lowest BCUT2D eigenvalue weighted by atomic mass is 9.94. The first kappa shape index (κ1) is 13.5. The number of amides is 1. The van der Waals surface area contributed by atoms with E-state index in [1.807, 2.05) is 24.3 Å². The fourth-order valence-corrected chi connectivity index (χ4v) is 2.84. The van der Waals surface area contributed by atoms with Crippen LogP contribution in [0.1, 0.15) is 15.9 Å². The summed E-state index contributed by atoms with van der Waals surface area (Å²) < 4.78 is 5.88. The van der Waals surface area contributed by atoms with Gasteiger partial charge in [-0.2, -0.15) is 0 Å². The quantitative estimate of drug-likeness (QED) is 0.828. The summed E-state index contributed by atoms with van der Waals surface area (Å²) in [4.78, 5) is 13.9. The molecular formula is C15H21N3O2. The highest BCUT2D eigenvalue weighted by molar-refractivity contribution is 5.93. The highest BCUT2D eigenvalue weighted by Crippen LogP contribution is 2.23. The van der Waals surface area contributed by atoms with E-state index < -0.39 is 0 Å². The van der Waals surface area contributed by atoms with Gasteiger partial charge in [0, 0.05) is 45.3 Å². The predicted molar refractivity (Wildman–Crippen MR) is 76.7 cm³/mol. The maximum Gasteiger partial charge on any atom is 0.251 e. The van der Waals surface area contributed by atoms with Gasteiger partial charge in [0.2, 0.25) is 0 Å². The average Bonchev–Trinajstić information content (AvgIpc) is 2.46. The second-order valence-corrected chi connectivity index (χ2v) is 5.62. The Hall–Kier alpha value is -1.43. The third-order valence-corrected chi connectivity index (χ3v) is 4.07. The van der Waals surface area contributed by atoms with E-state index in [-0.39, 0.29) is 11.5 Å². The molecule has 0 radical (unpaired) electrons. The fraction of sp³-hybridized carbons (Fsp3) is 0.533. The molecule has 5 nitrogen and oxygen atoms in total. The van der Waals surface area contributed by atoms with Gasteiger partial charge in [0.1, 0.15) is 5.60 Å². The summed E-state index contributed by atoms with van der Waals surface area (Å²) in [5.41, 5.74) is 1.99. The van der Waals surface area contributed by atoms with E-state index in [0.717, 1.165) is 39.3 Å². The second-order valence-electron chi connectivity index (χ2n) is 5.62. The minimum Gasteiger partial charge on any atom is -0.370 e. The summed E-state index contributed by atoms with van der Waals surface area (Å²) in [6.07, 6.45) is 0. The first-order valence-electron chi connectivity index (χ1n) is 7.09. The molecule has 5 heteroatoms. The molecule has 2 fully saturated rings. The summed E-state index contributed by atoms with van der Waals surface area (Å²) in [6, 6.07) is 7.84. The Morgan fingerprint density at radius 3 is 2.75 bits per heavy atom. The number of morpholine rings is 1. The Labute approximate surface area is 119 Å². The summed E-state index contributed by atoms with van der Waals surface area (Å²) in [6.45, 7) is 5.59. The Balaban J connectivity index is 1.61. The Kier molecular flexibility index (Phi) is 3.74. The second kappa shape index (κ2) is 5.52. The molecule has 2 saturated heterocycles. The van der Waals surface area contributed by atoms with E-state index in [1.165, 1.54) is 5.56 Å². The number of hydrogen-bond acceptors (Lipinski definition) is 4. The van der Waals surface area contributed by atoms with Gasteiger partial charge in [-0.25, -0.2) is 0 Å². The maximum absolute atomic E-state index is 11.5. The van der Waals surface area contributed by atoms with Gasteiger partial charge in [-0.15, -0.1) is 0 Å². The van der Waals surface area contributed by atoms with E-state index in [0.29, 0.717) is 5.56 Å². The van der Waals surface area contributed by atoms with Crippen molar-refractivity contribution in [2.24, 2.45) is 0 Å². The number of ether oxygens (including phenoxy) is 1. The molecule has 0 aromatic heterocycles. The standard InChI is InChI=1S/C15H21N3O2/c1-16-14(19)13-4-2-12(3-5-13)8-18-6-7-20-15(11-18)9-17-10-15/h2-5,17H,6-11H2,1H3,(H,16,19). The molecule has 1 aromatic carbocycles. The monoisotopic (exact) mass is 275 g/mol. The van der Waals surface area contributed by atoms with Crippen molar-refractivity contribution < 1.29 is 9.53 Å². The van der Waals surface area contributed by atoms with Gasteiger partial charge in [-0.3, -0.25) is 9.69 Å². The molecule has 1 amide bonds. The molecule has 3 rings (SSSR count). The van der Waals surface area contributed by atoms with Crippen LogP contribution in [0.4, 0.5) is 0 Å². The number of hydrogen-bond donors (Lipinski definition) is 2. The number of carbonyl (C=O) groups is 1. The molecule has 0 bridgehead atoms. The van der Waals surface area contributed by atoms with Gasteiger partial charge >= 0.3 is 0 Å². The van der Waals surface area contributed by atoms with Gasteiger partial charge in [0.15, 0.2) is 0 Å². The van der Waals surface area contributed by atoms with E-state index in [4.69, 9.17) is 4.74 Å². The first-order chi connectivity index (χ1) is 9.71. The van der Waals surface area contributed by atoms with Gasteiger partial charge < -0.3 is 15.4 Å².